The van der Waals surface area contributed by atoms with Gasteiger partial charge in [0.2, 0.25) is 5.82 Å². The summed E-state index contributed by atoms with van der Waals surface area (Å²) in [5.41, 5.74) is -1.61. The van der Waals surface area contributed by atoms with Crippen molar-refractivity contribution < 1.29 is 23.7 Å². The van der Waals surface area contributed by atoms with Gasteiger partial charge in [-0.3, -0.25) is 13.9 Å². The van der Waals surface area contributed by atoms with E-state index in [1.807, 2.05) is 22.6 Å². The molecule has 1 aliphatic rings. The van der Waals surface area contributed by atoms with E-state index in [-0.39, 0.29) is 12.2 Å². The van der Waals surface area contributed by atoms with Gasteiger partial charge in [-0.25, -0.2) is 13.9 Å². The van der Waals surface area contributed by atoms with Crippen molar-refractivity contribution in [3.63, 3.8) is 0 Å². The molecule has 4 unspecified atom stereocenters. The lowest BCUT2D eigenvalue weighted by molar-refractivity contribution is -0.0348. The van der Waals surface area contributed by atoms with Gasteiger partial charge in [0.25, 0.3) is 5.56 Å². The highest BCUT2D eigenvalue weighted by molar-refractivity contribution is 14.1. The largest absolute Gasteiger partial charge is 0.387 e. The Morgan fingerprint density at radius 3 is 2.50 bits per heavy atom. The first-order valence-corrected chi connectivity index (χ1v) is 11.0. The number of halogens is 3. The summed E-state index contributed by atoms with van der Waals surface area (Å²) in [5, 5.41) is 28.0. The van der Waals surface area contributed by atoms with Gasteiger partial charge in [-0.05, 0) is 6.07 Å². The van der Waals surface area contributed by atoms with Crippen LogP contribution in [0.2, 0.25) is 0 Å². The molecule has 0 radical (unpaired) electrons. The molecule has 1 fully saturated rings. The second-order valence-electron chi connectivity index (χ2n) is 7.26. The molecule has 1 aliphatic heterocycles. The summed E-state index contributed by atoms with van der Waals surface area (Å²) >= 11 is 1.94. The third-order valence-electron chi connectivity index (χ3n) is 5.11. The van der Waals surface area contributed by atoms with Gasteiger partial charge < -0.3 is 14.9 Å². The molecule has 3 aromatic rings. The molecule has 4 rings (SSSR count). The second kappa shape index (κ2) is 9.17. The van der Waals surface area contributed by atoms with Crippen LogP contribution in [0.5, 0.6) is 0 Å². The van der Waals surface area contributed by atoms with E-state index in [1.165, 1.54) is 16.9 Å². The number of benzene rings is 1. The average molecular weight is 561 g/mol. The molecule has 2 aromatic heterocycles. The van der Waals surface area contributed by atoms with Crippen LogP contribution >= 0.6 is 22.6 Å². The Kier molecular flexibility index (Phi) is 6.50. The minimum absolute atomic E-state index is 0.0691. The summed E-state index contributed by atoms with van der Waals surface area (Å²) in [4.78, 5) is 25.2. The van der Waals surface area contributed by atoms with E-state index in [0.29, 0.717) is 20.8 Å². The Hall–Kier alpha value is -2.49. The molecule has 1 saturated heterocycles. The molecule has 1 aromatic carbocycles. The first kappa shape index (κ1) is 22.7. The molecular weight excluding hydrogens is 543 g/mol. The quantitative estimate of drug-likeness (QED) is 0.322. The van der Waals surface area contributed by atoms with E-state index >= 15 is 0 Å². The maximum absolute atomic E-state index is 14.3. The summed E-state index contributed by atoms with van der Waals surface area (Å²) in [6.07, 6.45) is -2.83. The predicted molar refractivity (Wildman–Crippen MR) is 114 cm³/mol. The van der Waals surface area contributed by atoms with Crippen LogP contribution in [0.3, 0.4) is 0 Å². The Bertz CT molecular complexity index is 1250. The van der Waals surface area contributed by atoms with Crippen molar-refractivity contribution in [2.75, 3.05) is 4.43 Å². The number of aromatic nitrogens is 5. The van der Waals surface area contributed by atoms with E-state index < -0.39 is 54.0 Å². The lowest BCUT2D eigenvalue weighted by Crippen LogP contribution is -2.44. The minimum Gasteiger partial charge on any atom is -0.387 e. The topological polar surface area (TPSA) is 124 Å². The van der Waals surface area contributed by atoms with Crippen LogP contribution in [0, 0.1) is 11.6 Å². The molecule has 3 heterocycles. The van der Waals surface area contributed by atoms with Crippen molar-refractivity contribution in [3.05, 3.63) is 80.4 Å². The molecule has 0 amide bonds. The van der Waals surface area contributed by atoms with Gasteiger partial charge in [-0.2, -0.15) is 4.39 Å². The number of ether oxygens (including phenoxy) is 1. The zero-order valence-corrected chi connectivity index (χ0v) is 18.5. The molecule has 0 saturated carbocycles. The Morgan fingerprint density at radius 1 is 1.06 bits per heavy atom. The van der Waals surface area contributed by atoms with Crippen molar-refractivity contribution in [1.29, 1.82) is 0 Å². The Balaban J connectivity index is 1.63. The number of aliphatic hydroxyl groups is 2. The van der Waals surface area contributed by atoms with E-state index in [2.05, 4.69) is 10.3 Å². The van der Waals surface area contributed by atoms with Gasteiger partial charge >= 0.3 is 5.69 Å². The SMILES string of the molecule is O=c1c(F)cn(C2OC(CI)C(O)C2O)c(=O)n1Cc1cn(Cc2ccccc2F)nn1. The summed E-state index contributed by atoms with van der Waals surface area (Å²) in [7, 11) is 0. The Morgan fingerprint density at radius 2 is 1.81 bits per heavy atom. The molecule has 13 heteroatoms. The normalized spacial score (nSPS) is 23.0. The van der Waals surface area contributed by atoms with Crippen molar-refractivity contribution >= 4 is 22.6 Å². The summed E-state index contributed by atoms with van der Waals surface area (Å²) in [6, 6.07) is 6.11. The maximum Gasteiger partial charge on any atom is 0.333 e. The van der Waals surface area contributed by atoms with Crippen LogP contribution in [-0.2, 0) is 17.8 Å². The van der Waals surface area contributed by atoms with Crippen molar-refractivity contribution in [1.82, 2.24) is 24.1 Å². The van der Waals surface area contributed by atoms with Gasteiger partial charge in [0.05, 0.1) is 31.6 Å². The van der Waals surface area contributed by atoms with Crippen LogP contribution in [0.25, 0.3) is 0 Å². The third kappa shape index (κ3) is 4.24. The monoisotopic (exact) mass is 561 g/mol. The maximum atomic E-state index is 14.3. The molecule has 2 N–H and O–H groups in total. The van der Waals surface area contributed by atoms with E-state index in [1.54, 1.807) is 18.2 Å². The zero-order chi connectivity index (χ0) is 23.0. The fraction of sp³-hybridized carbons (Fsp3) is 0.368. The highest BCUT2D eigenvalue weighted by atomic mass is 127. The van der Waals surface area contributed by atoms with E-state index in [4.69, 9.17) is 4.74 Å². The van der Waals surface area contributed by atoms with Gasteiger partial charge in [0, 0.05) is 9.99 Å². The zero-order valence-electron chi connectivity index (χ0n) is 16.4. The molecule has 0 aliphatic carbocycles. The van der Waals surface area contributed by atoms with Crippen molar-refractivity contribution in [3.8, 4) is 0 Å². The smallest absolute Gasteiger partial charge is 0.333 e. The van der Waals surface area contributed by atoms with E-state index in [9.17, 15) is 28.6 Å². The first-order chi connectivity index (χ1) is 15.3. The Labute approximate surface area is 192 Å². The molecular formula is C19H18F2IN5O5. The van der Waals surface area contributed by atoms with Crippen molar-refractivity contribution in [2.24, 2.45) is 0 Å². The lowest BCUT2D eigenvalue weighted by atomic mass is 10.1. The number of aliphatic hydroxyl groups excluding tert-OH is 2. The van der Waals surface area contributed by atoms with Crippen LogP contribution in [-0.4, -0.2) is 57.1 Å². The fourth-order valence-corrected chi connectivity index (χ4v) is 4.18. The number of alkyl halides is 1. The summed E-state index contributed by atoms with van der Waals surface area (Å²) < 4.78 is 36.6. The second-order valence-corrected chi connectivity index (χ2v) is 8.14. The molecule has 170 valence electrons. The third-order valence-corrected chi connectivity index (χ3v) is 5.98. The van der Waals surface area contributed by atoms with Gasteiger partial charge in [-0.15, -0.1) is 5.10 Å². The molecule has 0 spiro atoms. The number of hydrogen-bond acceptors (Lipinski definition) is 7. The summed E-state index contributed by atoms with van der Waals surface area (Å²) in [6.45, 7) is -0.340. The highest BCUT2D eigenvalue weighted by Crippen LogP contribution is 2.29. The number of hydrogen-bond donors (Lipinski definition) is 2. The van der Waals surface area contributed by atoms with Gasteiger partial charge in [0.1, 0.15) is 23.7 Å². The van der Waals surface area contributed by atoms with Crippen LogP contribution in [0.4, 0.5) is 8.78 Å². The average Bonchev–Trinajstić information content (AvgIpc) is 3.34. The molecule has 4 atom stereocenters. The van der Waals surface area contributed by atoms with Crippen LogP contribution in [0.1, 0.15) is 17.5 Å². The molecule has 0 bridgehead atoms. The molecule has 32 heavy (non-hydrogen) atoms. The van der Waals surface area contributed by atoms with Crippen LogP contribution in [0.15, 0.2) is 46.2 Å². The summed E-state index contributed by atoms with van der Waals surface area (Å²) in [5.74, 6) is -1.66. The van der Waals surface area contributed by atoms with Crippen LogP contribution < -0.4 is 11.2 Å². The van der Waals surface area contributed by atoms with Crippen molar-refractivity contribution in [2.45, 2.75) is 37.6 Å². The first-order valence-electron chi connectivity index (χ1n) is 9.51. The van der Waals surface area contributed by atoms with E-state index in [0.717, 1.165) is 4.57 Å². The fourth-order valence-electron chi connectivity index (χ4n) is 3.45. The lowest BCUT2D eigenvalue weighted by Gasteiger charge is -2.18. The predicted octanol–water partition coefficient (Wildman–Crippen LogP) is 0.0305. The molecule has 10 nitrogen and oxygen atoms in total. The number of rotatable bonds is 6. The highest BCUT2D eigenvalue weighted by Gasteiger charge is 2.44. The van der Waals surface area contributed by atoms with Gasteiger partial charge in [-0.1, -0.05) is 46.0 Å². The van der Waals surface area contributed by atoms with Gasteiger partial charge in [0.15, 0.2) is 6.23 Å². The number of nitrogens with zero attached hydrogens (tertiary/aromatic N) is 5. The standard InChI is InChI=1S/C19H18F2IN5O5/c20-12-4-2-1-3-10(12)6-25-7-11(23-24-25)8-26-17(30)13(21)9-27(19(26)31)18-16(29)15(28)14(5-22)32-18/h1-4,7,9,14-16,18,28-29H,5-6,8H2. The minimum atomic E-state index is -1.49.